The van der Waals surface area contributed by atoms with Gasteiger partial charge in [-0.15, -0.1) is 0 Å². The van der Waals surface area contributed by atoms with Crippen LogP contribution in [0, 0.1) is 0 Å². The van der Waals surface area contributed by atoms with Gasteiger partial charge >= 0.3 is 5.69 Å². The highest BCUT2D eigenvalue weighted by molar-refractivity contribution is 5.97. The number of imidazole rings is 1. The Morgan fingerprint density at radius 3 is 2.48 bits per heavy atom. The fourth-order valence-corrected chi connectivity index (χ4v) is 3.45. The molecule has 132 valence electrons. The molecule has 0 radical (unpaired) electrons. The van der Waals surface area contributed by atoms with Crippen LogP contribution in [0.2, 0.25) is 0 Å². The number of aromatic nitrogens is 2. The zero-order valence-corrected chi connectivity index (χ0v) is 13.8. The minimum absolute atomic E-state index is 0.0379. The van der Waals surface area contributed by atoms with E-state index in [0.717, 1.165) is 12.8 Å². The van der Waals surface area contributed by atoms with Crippen molar-refractivity contribution in [1.29, 1.82) is 0 Å². The topological polar surface area (TPSA) is 98.5 Å². The Kier molecular flexibility index (Phi) is 4.04. The first-order chi connectivity index (χ1) is 12.1. The zero-order chi connectivity index (χ0) is 17.4. The van der Waals surface area contributed by atoms with Crippen molar-refractivity contribution in [2.75, 3.05) is 32.8 Å². The van der Waals surface area contributed by atoms with Gasteiger partial charge in [-0.2, -0.15) is 0 Å². The maximum atomic E-state index is 12.7. The first kappa shape index (κ1) is 15.9. The molecule has 8 heteroatoms. The van der Waals surface area contributed by atoms with E-state index >= 15 is 0 Å². The summed E-state index contributed by atoms with van der Waals surface area (Å²) in [5, 5.41) is 0. The first-order valence-corrected chi connectivity index (χ1v) is 8.53. The van der Waals surface area contributed by atoms with Crippen LogP contribution in [0.3, 0.4) is 0 Å². The predicted octanol–water partition coefficient (Wildman–Crippen LogP) is 0.320. The lowest BCUT2D eigenvalue weighted by molar-refractivity contribution is -0.142. The highest BCUT2D eigenvalue weighted by atomic mass is 16.5. The number of hydrogen-bond donors (Lipinski definition) is 2. The van der Waals surface area contributed by atoms with Crippen LogP contribution >= 0.6 is 0 Å². The first-order valence-electron chi connectivity index (χ1n) is 8.53. The summed E-state index contributed by atoms with van der Waals surface area (Å²) in [5.41, 5.74) is 1.53. The van der Waals surface area contributed by atoms with Gasteiger partial charge in [-0.3, -0.25) is 9.59 Å². The third-order valence-corrected chi connectivity index (χ3v) is 4.85. The zero-order valence-electron chi connectivity index (χ0n) is 13.8. The van der Waals surface area contributed by atoms with Crippen LogP contribution in [-0.2, 0) is 9.53 Å². The summed E-state index contributed by atoms with van der Waals surface area (Å²) in [6, 6.07) is 5.11. The Balaban J connectivity index is 1.41. The maximum absolute atomic E-state index is 12.7. The van der Waals surface area contributed by atoms with Crippen LogP contribution in [0.4, 0.5) is 0 Å². The summed E-state index contributed by atoms with van der Waals surface area (Å²) < 4.78 is 5.45. The van der Waals surface area contributed by atoms with E-state index in [9.17, 15) is 14.4 Å². The number of amides is 2. The molecular weight excluding hydrogens is 324 g/mol. The summed E-state index contributed by atoms with van der Waals surface area (Å²) in [6.07, 6.45) is 1.40. The van der Waals surface area contributed by atoms with Gasteiger partial charge in [0.05, 0.1) is 11.0 Å². The van der Waals surface area contributed by atoms with Crippen LogP contribution in [-0.4, -0.2) is 70.5 Å². The molecule has 2 aliphatic rings. The molecule has 1 atom stereocenters. The van der Waals surface area contributed by atoms with E-state index < -0.39 is 0 Å². The molecule has 25 heavy (non-hydrogen) atoms. The van der Waals surface area contributed by atoms with E-state index in [0.29, 0.717) is 49.4 Å². The molecule has 0 aliphatic carbocycles. The Morgan fingerprint density at radius 1 is 1.04 bits per heavy atom. The SMILES string of the molecule is O=C(c1ccc2[nH]c(=O)[nH]c2c1)N1CCN(C(=O)C2CCCO2)CC1. The highest BCUT2D eigenvalue weighted by Crippen LogP contribution is 2.17. The van der Waals surface area contributed by atoms with E-state index in [1.807, 2.05) is 0 Å². The molecule has 3 heterocycles. The Labute approximate surface area is 143 Å². The third kappa shape index (κ3) is 3.05. The van der Waals surface area contributed by atoms with Gasteiger partial charge in [-0.1, -0.05) is 0 Å². The average Bonchev–Trinajstić information content (AvgIpc) is 3.28. The molecule has 2 N–H and O–H groups in total. The van der Waals surface area contributed by atoms with Crippen molar-refractivity contribution in [1.82, 2.24) is 19.8 Å². The number of nitrogens with one attached hydrogen (secondary N) is 2. The van der Waals surface area contributed by atoms with Gasteiger partial charge in [0, 0.05) is 38.3 Å². The van der Waals surface area contributed by atoms with E-state index in [4.69, 9.17) is 4.74 Å². The molecule has 2 amide bonds. The molecule has 1 unspecified atom stereocenters. The number of carbonyl (C=O) groups excluding carboxylic acids is 2. The monoisotopic (exact) mass is 344 g/mol. The molecule has 1 aromatic carbocycles. The van der Waals surface area contributed by atoms with E-state index in [1.165, 1.54) is 0 Å². The van der Waals surface area contributed by atoms with Crippen LogP contribution in [0.5, 0.6) is 0 Å². The molecule has 2 aliphatic heterocycles. The summed E-state index contributed by atoms with van der Waals surface area (Å²) >= 11 is 0. The molecule has 0 saturated carbocycles. The number of rotatable bonds is 2. The van der Waals surface area contributed by atoms with Gasteiger partial charge < -0.3 is 24.5 Å². The lowest BCUT2D eigenvalue weighted by Gasteiger charge is -2.35. The third-order valence-electron chi connectivity index (χ3n) is 4.85. The second-order valence-corrected chi connectivity index (χ2v) is 6.46. The fraction of sp³-hybridized carbons (Fsp3) is 0.471. The van der Waals surface area contributed by atoms with Gasteiger partial charge in [-0.05, 0) is 31.0 Å². The summed E-state index contributed by atoms with van der Waals surface area (Å²) in [7, 11) is 0. The minimum atomic E-state index is -0.310. The van der Waals surface area contributed by atoms with Gasteiger partial charge in [-0.25, -0.2) is 4.79 Å². The molecule has 0 bridgehead atoms. The Morgan fingerprint density at radius 2 is 1.76 bits per heavy atom. The van der Waals surface area contributed by atoms with Gasteiger partial charge in [0.1, 0.15) is 6.10 Å². The van der Waals surface area contributed by atoms with E-state index in [2.05, 4.69) is 9.97 Å². The normalized spacial score (nSPS) is 21.0. The molecular formula is C17H20N4O4. The summed E-state index contributed by atoms with van der Waals surface area (Å²) in [4.78, 5) is 45.2. The quantitative estimate of drug-likeness (QED) is 0.820. The molecule has 1 aromatic heterocycles. The second kappa shape index (κ2) is 6.36. The van der Waals surface area contributed by atoms with Crippen molar-refractivity contribution in [2.24, 2.45) is 0 Å². The van der Waals surface area contributed by atoms with Crippen molar-refractivity contribution in [2.45, 2.75) is 18.9 Å². The lowest BCUT2D eigenvalue weighted by Crippen LogP contribution is -2.52. The van der Waals surface area contributed by atoms with Crippen LogP contribution in [0.25, 0.3) is 11.0 Å². The molecule has 2 fully saturated rings. The van der Waals surface area contributed by atoms with Crippen LogP contribution in [0.15, 0.2) is 23.0 Å². The number of nitrogens with zero attached hydrogens (tertiary/aromatic N) is 2. The summed E-state index contributed by atoms with van der Waals surface area (Å²) in [5.74, 6) is -0.0518. The number of fused-ring (bicyclic) bond motifs is 1. The van der Waals surface area contributed by atoms with Gasteiger partial charge in [0.25, 0.3) is 11.8 Å². The van der Waals surface area contributed by atoms with Crippen LogP contribution < -0.4 is 5.69 Å². The van der Waals surface area contributed by atoms with Crippen molar-refractivity contribution in [3.63, 3.8) is 0 Å². The molecule has 2 aromatic rings. The number of carbonyl (C=O) groups is 2. The van der Waals surface area contributed by atoms with Gasteiger partial charge in [0.2, 0.25) is 0 Å². The number of hydrogen-bond acceptors (Lipinski definition) is 4. The standard InChI is InChI=1S/C17H20N4O4/c22-15(11-3-4-12-13(10-11)19-17(24)18-12)20-5-7-21(8-6-20)16(23)14-2-1-9-25-14/h3-4,10,14H,1-2,5-9H2,(H2,18,19,24). The smallest absolute Gasteiger partial charge is 0.323 e. The highest BCUT2D eigenvalue weighted by Gasteiger charge is 2.31. The van der Waals surface area contributed by atoms with E-state index in [1.54, 1.807) is 28.0 Å². The number of benzene rings is 1. The molecule has 2 saturated heterocycles. The fourth-order valence-electron chi connectivity index (χ4n) is 3.45. The van der Waals surface area contributed by atoms with Crippen molar-refractivity contribution < 1.29 is 14.3 Å². The molecule has 4 rings (SSSR count). The molecule has 8 nitrogen and oxygen atoms in total. The minimum Gasteiger partial charge on any atom is -0.368 e. The largest absolute Gasteiger partial charge is 0.368 e. The number of aromatic amines is 2. The maximum Gasteiger partial charge on any atom is 0.323 e. The van der Waals surface area contributed by atoms with Crippen molar-refractivity contribution in [3.05, 3.63) is 34.2 Å². The number of H-pyrrole nitrogens is 2. The Hall–Kier alpha value is -2.61. The number of ether oxygens (including phenoxy) is 1. The van der Waals surface area contributed by atoms with Crippen LogP contribution in [0.1, 0.15) is 23.2 Å². The van der Waals surface area contributed by atoms with Crippen molar-refractivity contribution in [3.8, 4) is 0 Å². The average molecular weight is 344 g/mol. The van der Waals surface area contributed by atoms with Gasteiger partial charge in [0.15, 0.2) is 0 Å². The predicted molar refractivity (Wildman–Crippen MR) is 90.4 cm³/mol. The van der Waals surface area contributed by atoms with Crippen molar-refractivity contribution >= 4 is 22.8 Å². The van der Waals surface area contributed by atoms with E-state index in [-0.39, 0.29) is 23.6 Å². The summed E-state index contributed by atoms with van der Waals surface area (Å²) in [6.45, 7) is 2.69. The lowest BCUT2D eigenvalue weighted by atomic mass is 10.1. The number of piperazine rings is 1. The molecule has 0 spiro atoms. The Bertz CT molecular complexity index is 857. The second-order valence-electron chi connectivity index (χ2n) is 6.46.